The molecule has 4 saturated heterocycles. The molecule has 68 heavy (non-hydrogen) atoms. The first-order valence-electron chi connectivity index (χ1n) is 21.5. The third kappa shape index (κ3) is 14.9. The average Bonchev–Trinajstić information content (AvgIpc) is 3.31. The minimum Gasteiger partial charge on any atom is -0.429 e. The summed E-state index contributed by atoms with van der Waals surface area (Å²) in [5.41, 5.74) is 1.68. The normalized spacial score (nSPS) is 40.3. The van der Waals surface area contributed by atoms with E-state index >= 15 is 0 Å². The molecular weight excluding hydrogens is 912 g/mol. The van der Waals surface area contributed by atoms with Crippen LogP contribution in [-0.2, 0) is 47.5 Å². The number of esters is 2. The molecule has 0 aromatic carbocycles. The maximum Gasteiger partial charge on any atom is 0.336 e. The molecule has 24 nitrogen and oxygen atoms in total. The van der Waals surface area contributed by atoms with Crippen molar-refractivity contribution in [2.75, 3.05) is 26.4 Å². The van der Waals surface area contributed by atoms with Crippen molar-refractivity contribution in [2.24, 2.45) is 0 Å². The van der Waals surface area contributed by atoms with Crippen molar-refractivity contribution in [3.63, 3.8) is 0 Å². The van der Waals surface area contributed by atoms with Crippen LogP contribution in [0, 0.1) is 0 Å². The summed E-state index contributed by atoms with van der Waals surface area (Å²) in [6.45, 7) is 3.80. The maximum atomic E-state index is 12.8. The Morgan fingerprint density at radius 2 is 0.691 bits per heavy atom. The molecule has 0 unspecified atom stereocenters. The summed E-state index contributed by atoms with van der Waals surface area (Å²) < 4.78 is 42.7. The molecule has 384 valence electrons. The van der Waals surface area contributed by atoms with Gasteiger partial charge in [0.15, 0.2) is 12.6 Å². The van der Waals surface area contributed by atoms with Crippen LogP contribution in [0.4, 0.5) is 0 Å². The molecule has 14 N–H and O–H groups in total. The largest absolute Gasteiger partial charge is 0.429 e. The second-order valence-electron chi connectivity index (χ2n) is 16.5. The van der Waals surface area contributed by atoms with Crippen LogP contribution in [0.25, 0.3) is 0 Å². The number of carbonyl (C=O) groups is 2. The first-order chi connectivity index (χ1) is 32.1. The van der Waals surface area contributed by atoms with Gasteiger partial charge in [-0.2, -0.15) is 0 Å². The fourth-order valence-electron chi connectivity index (χ4n) is 6.84. The summed E-state index contributed by atoms with van der Waals surface area (Å²) in [5, 5.41) is 142. The fourth-order valence-corrected chi connectivity index (χ4v) is 6.84. The van der Waals surface area contributed by atoms with E-state index in [-0.39, 0.29) is 11.1 Å². The van der Waals surface area contributed by atoms with Gasteiger partial charge in [0.25, 0.3) is 0 Å². The molecule has 4 aliphatic rings. The van der Waals surface area contributed by atoms with Gasteiger partial charge in [-0.15, -0.1) is 0 Å². The first-order valence-corrected chi connectivity index (χ1v) is 21.5. The topological polar surface area (TPSA) is 391 Å². The van der Waals surface area contributed by atoms with Gasteiger partial charge < -0.3 is 109 Å². The lowest BCUT2D eigenvalue weighted by Crippen LogP contribution is -2.61. The van der Waals surface area contributed by atoms with E-state index in [9.17, 15) is 81.1 Å². The predicted octanol–water partition coefficient (Wildman–Crippen LogP) is -5.23. The highest BCUT2D eigenvalue weighted by molar-refractivity contribution is 5.88. The smallest absolute Gasteiger partial charge is 0.336 e. The molecule has 0 amide bonds. The highest BCUT2D eigenvalue weighted by Crippen LogP contribution is 2.28. The van der Waals surface area contributed by atoms with E-state index < -0.39 is 161 Å². The Bertz CT molecular complexity index is 1730. The second-order valence-corrected chi connectivity index (χ2v) is 16.5. The third-order valence-electron chi connectivity index (χ3n) is 11.2. The summed E-state index contributed by atoms with van der Waals surface area (Å²) in [6.07, 6.45) is -16.8. The number of hydrogen-bond donors (Lipinski definition) is 14. The Balaban J connectivity index is 1.23. The summed E-state index contributed by atoms with van der Waals surface area (Å²) in [7, 11) is 0. The molecule has 0 aromatic heterocycles. The second kappa shape index (κ2) is 26.5. The number of hydrogen-bond acceptors (Lipinski definition) is 24. The number of carbonyl (C=O) groups excluding carboxylic acids is 2. The number of ether oxygens (including phenoxy) is 8. The van der Waals surface area contributed by atoms with Gasteiger partial charge in [-0.25, -0.2) is 9.59 Å². The lowest BCUT2D eigenvalue weighted by atomic mass is 9.98. The highest BCUT2D eigenvalue weighted by Gasteiger charge is 2.50. The van der Waals surface area contributed by atoms with Gasteiger partial charge in [0.05, 0.1) is 26.4 Å². The molecule has 0 saturated carbocycles. The van der Waals surface area contributed by atoms with Crippen molar-refractivity contribution >= 4 is 11.9 Å². The van der Waals surface area contributed by atoms with E-state index in [1.54, 1.807) is 62.5 Å². The van der Waals surface area contributed by atoms with Crippen molar-refractivity contribution in [1.29, 1.82) is 0 Å². The van der Waals surface area contributed by atoms with Crippen molar-refractivity contribution < 1.29 is 119 Å². The Hall–Kier alpha value is -3.68. The predicted molar refractivity (Wildman–Crippen MR) is 227 cm³/mol. The van der Waals surface area contributed by atoms with Gasteiger partial charge in [0, 0.05) is 11.1 Å². The third-order valence-corrected chi connectivity index (χ3v) is 11.2. The van der Waals surface area contributed by atoms with E-state index in [0.29, 0.717) is 0 Å². The quantitative estimate of drug-likeness (QED) is 0.0347. The lowest BCUT2D eigenvalue weighted by molar-refractivity contribution is -0.326. The van der Waals surface area contributed by atoms with Crippen LogP contribution in [-0.4, -0.2) is 233 Å². The number of aliphatic hydroxyl groups is 14. The van der Waals surface area contributed by atoms with Gasteiger partial charge in [-0.1, -0.05) is 71.9 Å². The Labute approximate surface area is 390 Å². The SMILES string of the molecule is CC(/C=C\C=C(/C)C(=O)O[C@@H]1O[C@H](CO[C@@H]2O[C@H](CO)[C@@H](O)[C@H](O)[C@H]2O)[C@@H](O)[C@H](O)[C@H]1O)=C/C=C/C=C(C)/C=C/C=C(\C)C(=O)O[C@@H]1O[C@H](CO[C@@H]2O[C@H](CO)[C@@H](O)[C@H](O)[C@H]2O)[C@@H](O)[C@H](O)[C@H]1O. The molecule has 0 aliphatic carbocycles. The van der Waals surface area contributed by atoms with Crippen LogP contribution < -0.4 is 0 Å². The van der Waals surface area contributed by atoms with Crippen molar-refractivity contribution in [1.82, 2.24) is 0 Å². The molecular formula is C44H64O24. The van der Waals surface area contributed by atoms with Crippen molar-refractivity contribution in [3.8, 4) is 0 Å². The summed E-state index contributed by atoms with van der Waals surface area (Å²) in [5.74, 6) is -1.86. The standard InChI is InChI=1S/C44H64O24/c1-19(11-7-13-21(3)39(59)67-43-37(57)33(53)29(49)25(65-43)17-61-41-35(55)31(51)27(47)23(15-45)63-41)9-5-6-10-20(2)12-8-14-22(4)40(60)68-44-38(58)34(54)30(50)26(66-44)18-62-42-36(56)32(52)28(48)24(16-46)64-42/h5-14,23-38,41-58H,15-18H2,1-4H3/b6-5+,11-7-,12-8+,19-9-,20-10+,21-13+,22-14+/t23-,24-,25-,26-,27-,28-,29-,30-,31+,32+,33+,34+,35-,36-,37-,38-,41-,42-,43+,44+/m1/s1. The molecule has 0 bridgehead atoms. The van der Waals surface area contributed by atoms with Gasteiger partial charge in [0.1, 0.15) is 97.7 Å². The zero-order valence-electron chi connectivity index (χ0n) is 37.5. The van der Waals surface area contributed by atoms with Crippen molar-refractivity contribution in [3.05, 3.63) is 83.1 Å². The molecule has 0 spiro atoms. The van der Waals surface area contributed by atoms with Crippen LogP contribution >= 0.6 is 0 Å². The molecule has 4 fully saturated rings. The van der Waals surface area contributed by atoms with Crippen LogP contribution in [0.1, 0.15) is 27.7 Å². The molecule has 24 heteroatoms. The summed E-state index contributed by atoms with van der Waals surface area (Å²) in [4.78, 5) is 25.6. The lowest BCUT2D eigenvalue weighted by Gasteiger charge is -2.42. The van der Waals surface area contributed by atoms with Crippen LogP contribution in [0.5, 0.6) is 0 Å². The minimum atomic E-state index is -1.86. The zero-order valence-corrected chi connectivity index (χ0v) is 37.5. The van der Waals surface area contributed by atoms with Gasteiger partial charge >= 0.3 is 11.9 Å². The molecule has 4 heterocycles. The molecule has 4 aliphatic heterocycles. The van der Waals surface area contributed by atoms with E-state index in [0.717, 1.165) is 11.1 Å². The molecule has 0 aromatic rings. The molecule has 0 radical (unpaired) electrons. The minimum absolute atomic E-state index is 0.0726. The Morgan fingerprint density at radius 1 is 0.397 bits per heavy atom. The highest BCUT2D eigenvalue weighted by atomic mass is 16.8. The van der Waals surface area contributed by atoms with Gasteiger partial charge in [0.2, 0.25) is 12.6 Å². The van der Waals surface area contributed by atoms with E-state index in [1.807, 2.05) is 0 Å². The summed E-state index contributed by atoms with van der Waals surface area (Å²) >= 11 is 0. The zero-order chi connectivity index (χ0) is 50.6. The average molecular weight is 977 g/mol. The van der Waals surface area contributed by atoms with Gasteiger partial charge in [-0.3, -0.25) is 0 Å². The van der Waals surface area contributed by atoms with Crippen molar-refractivity contribution in [2.45, 2.75) is 151 Å². The monoisotopic (exact) mass is 976 g/mol. The van der Waals surface area contributed by atoms with E-state index in [4.69, 9.17) is 37.9 Å². The molecule has 20 atom stereocenters. The van der Waals surface area contributed by atoms with E-state index in [2.05, 4.69) is 0 Å². The van der Waals surface area contributed by atoms with Crippen LogP contribution in [0.15, 0.2) is 83.1 Å². The molecule has 4 rings (SSSR count). The maximum absolute atomic E-state index is 12.8. The van der Waals surface area contributed by atoms with Gasteiger partial charge in [-0.05, 0) is 27.7 Å². The fraction of sp³-hybridized carbons (Fsp3) is 0.636. The number of aliphatic hydroxyl groups excluding tert-OH is 14. The van der Waals surface area contributed by atoms with Crippen LogP contribution in [0.2, 0.25) is 0 Å². The number of rotatable bonds is 18. The summed E-state index contributed by atoms with van der Waals surface area (Å²) in [6, 6.07) is 0. The first kappa shape index (κ1) is 56.9. The van der Waals surface area contributed by atoms with E-state index in [1.165, 1.54) is 26.0 Å². The van der Waals surface area contributed by atoms with Crippen LogP contribution in [0.3, 0.4) is 0 Å². The Kier molecular flexibility index (Phi) is 22.2. The number of allylic oxidation sites excluding steroid dienone is 12. The Morgan fingerprint density at radius 3 is 1.01 bits per heavy atom.